The number of carbonyl (C=O) groups is 1. The van der Waals surface area contributed by atoms with Gasteiger partial charge in [-0.25, -0.2) is 0 Å². The lowest BCUT2D eigenvalue weighted by Gasteiger charge is -2.12. The Kier molecular flexibility index (Phi) is 5.78. The lowest BCUT2D eigenvalue weighted by Crippen LogP contribution is -2.24. The number of rotatable bonds is 7. The van der Waals surface area contributed by atoms with Crippen molar-refractivity contribution in [1.82, 2.24) is 30.5 Å². The number of unbranched alkanes of at least 4 members (excludes halogenated alkanes) is 2. The fraction of sp³-hybridized carbons (Fsp3) is 0.562. The highest BCUT2D eigenvalue weighted by Gasteiger charge is 2.17. The number of hydrogen-bond acceptors (Lipinski definition) is 5. The van der Waals surface area contributed by atoms with Gasteiger partial charge in [-0.1, -0.05) is 26.0 Å². The number of aromatic nitrogens is 5. The van der Waals surface area contributed by atoms with Gasteiger partial charge >= 0.3 is 0 Å². The van der Waals surface area contributed by atoms with E-state index in [0.717, 1.165) is 31.5 Å². The minimum atomic E-state index is -0.106. The minimum absolute atomic E-state index is 0.0321. The number of nitrogens with one attached hydrogen (secondary N) is 1. The molecular weight excluding hydrogens is 292 g/mol. The van der Waals surface area contributed by atoms with Crippen molar-refractivity contribution in [3.63, 3.8) is 0 Å². The van der Waals surface area contributed by atoms with Crippen LogP contribution in [0.4, 0.5) is 0 Å². The van der Waals surface area contributed by atoms with Crippen LogP contribution >= 0.6 is 0 Å². The molecule has 2 heterocycles. The molecule has 1 N–H and O–H groups in total. The molecule has 0 aliphatic heterocycles. The summed E-state index contributed by atoms with van der Waals surface area (Å²) in [4.78, 5) is 11.8. The smallest absolute Gasteiger partial charge is 0.252 e. The lowest BCUT2D eigenvalue weighted by molar-refractivity contribution is 0.0952. The molecule has 0 aliphatic carbocycles. The molecule has 0 spiro atoms. The van der Waals surface area contributed by atoms with E-state index in [-0.39, 0.29) is 11.3 Å². The standard InChI is InChI=1S/C16H24N6O/c1-16(2,3)14-12-22(21-20-14)10-6-4-5-8-17-15(23)13-7-9-18-19-11-13/h7,9,11-12H,4-6,8,10H2,1-3H3,(H,17,23). The van der Waals surface area contributed by atoms with Crippen LogP contribution in [0.2, 0.25) is 0 Å². The lowest BCUT2D eigenvalue weighted by atomic mass is 9.93. The summed E-state index contributed by atoms with van der Waals surface area (Å²) in [7, 11) is 0. The first kappa shape index (κ1) is 17.1. The van der Waals surface area contributed by atoms with Crippen LogP contribution in [0.5, 0.6) is 0 Å². The molecule has 2 aromatic rings. The van der Waals surface area contributed by atoms with Gasteiger partial charge in [-0.15, -0.1) is 5.10 Å². The summed E-state index contributed by atoms with van der Waals surface area (Å²) >= 11 is 0. The fourth-order valence-corrected chi connectivity index (χ4v) is 2.06. The van der Waals surface area contributed by atoms with Gasteiger partial charge < -0.3 is 5.32 Å². The van der Waals surface area contributed by atoms with Crippen LogP contribution in [0.15, 0.2) is 24.7 Å². The summed E-state index contributed by atoms with van der Waals surface area (Å²) in [5.74, 6) is -0.106. The highest BCUT2D eigenvalue weighted by Crippen LogP contribution is 2.18. The second-order valence-electron chi connectivity index (χ2n) is 6.56. The van der Waals surface area contributed by atoms with Crippen LogP contribution in [-0.2, 0) is 12.0 Å². The van der Waals surface area contributed by atoms with E-state index in [9.17, 15) is 4.79 Å². The fourth-order valence-electron chi connectivity index (χ4n) is 2.06. The molecule has 0 saturated carbocycles. The third-order valence-electron chi connectivity index (χ3n) is 3.50. The molecule has 2 aromatic heterocycles. The summed E-state index contributed by atoms with van der Waals surface area (Å²) in [6.45, 7) is 7.89. The van der Waals surface area contributed by atoms with E-state index in [1.807, 2.05) is 10.9 Å². The third-order valence-corrected chi connectivity index (χ3v) is 3.50. The maximum Gasteiger partial charge on any atom is 0.252 e. The van der Waals surface area contributed by atoms with Crippen LogP contribution in [0.25, 0.3) is 0 Å². The second-order valence-corrected chi connectivity index (χ2v) is 6.56. The summed E-state index contributed by atoms with van der Waals surface area (Å²) in [6, 6.07) is 1.65. The predicted molar refractivity (Wildman–Crippen MR) is 86.9 cm³/mol. The molecule has 0 aliphatic rings. The molecule has 124 valence electrons. The van der Waals surface area contributed by atoms with Gasteiger partial charge in [-0.2, -0.15) is 10.2 Å². The van der Waals surface area contributed by atoms with E-state index in [0.29, 0.717) is 12.1 Å². The SMILES string of the molecule is CC(C)(C)c1cn(CCCCCNC(=O)c2ccnnc2)nn1. The number of hydrogen-bond donors (Lipinski definition) is 1. The molecule has 2 rings (SSSR count). The summed E-state index contributed by atoms with van der Waals surface area (Å²) in [5, 5.41) is 18.6. The molecule has 0 atom stereocenters. The first-order valence-electron chi connectivity index (χ1n) is 7.92. The quantitative estimate of drug-likeness (QED) is 0.789. The Bertz CT molecular complexity index is 617. The van der Waals surface area contributed by atoms with Gasteiger partial charge in [0.1, 0.15) is 0 Å². The Morgan fingerprint density at radius 2 is 2.04 bits per heavy atom. The number of nitrogens with zero attached hydrogens (tertiary/aromatic N) is 5. The Balaban J connectivity index is 1.61. The molecule has 0 bridgehead atoms. The Morgan fingerprint density at radius 1 is 1.22 bits per heavy atom. The number of aryl methyl sites for hydroxylation is 1. The monoisotopic (exact) mass is 316 g/mol. The highest BCUT2D eigenvalue weighted by atomic mass is 16.1. The first-order chi connectivity index (χ1) is 11.0. The van der Waals surface area contributed by atoms with E-state index in [4.69, 9.17) is 0 Å². The molecule has 0 saturated heterocycles. The average molecular weight is 316 g/mol. The first-order valence-corrected chi connectivity index (χ1v) is 7.92. The second kappa shape index (κ2) is 7.80. The van der Waals surface area contributed by atoms with Gasteiger partial charge in [-0.3, -0.25) is 9.48 Å². The van der Waals surface area contributed by atoms with E-state index < -0.39 is 0 Å². The van der Waals surface area contributed by atoms with Crippen molar-refractivity contribution in [3.8, 4) is 0 Å². The normalized spacial score (nSPS) is 11.4. The number of amides is 1. The van der Waals surface area contributed by atoms with Gasteiger partial charge in [0.05, 0.1) is 23.7 Å². The van der Waals surface area contributed by atoms with Crippen LogP contribution in [0, 0.1) is 0 Å². The average Bonchev–Trinajstić information content (AvgIpc) is 3.00. The zero-order chi connectivity index (χ0) is 16.7. The molecule has 0 radical (unpaired) electrons. The van der Waals surface area contributed by atoms with Crippen LogP contribution in [0.3, 0.4) is 0 Å². The maximum atomic E-state index is 11.8. The summed E-state index contributed by atoms with van der Waals surface area (Å²) in [6.07, 6.45) is 7.97. The maximum absolute atomic E-state index is 11.8. The van der Waals surface area contributed by atoms with Crippen molar-refractivity contribution < 1.29 is 4.79 Å². The van der Waals surface area contributed by atoms with E-state index in [2.05, 4.69) is 46.6 Å². The molecule has 7 nitrogen and oxygen atoms in total. The van der Waals surface area contributed by atoms with Crippen LogP contribution < -0.4 is 5.32 Å². The zero-order valence-electron chi connectivity index (χ0n) is 14.0. The molecule has 7 heteroatoms. The van der Waals surface area contributed by atoms with Gasteiger partial charge in [0, 0.05) is 24.7 Å². The van der Waals surface area contributed by atoms with Crippen molar-refractivity contribution in [3.05, 3.63) is 35.9 Å². The molecule has 0 fully saturated rings. The number of carbonyl (C=O) groups excluding carboxylic acids is 1. The van der Waals surface area contributed by atoms with E-state index >= 15 is 0 Å². The summed E-state index contributed by atoms with van der Waals surface area (Å²) < 4.78 is 1.89. The molecule has 0 unspecified atom stereocenters. The van der Waals surface area contributed by atoms with E-state index in [1.54, 1.807) is 6.07 Å². The summed E-state index contributed by atoms with van der Waals surface area (Å²) in [5.41, 5.74) is 1.58. The Hall–Kier alpha value is -2.31. The van der Waals surface area contributed by atoms with Gasteiger partial charge in [-0.05, 0) is 25.3 Å². The molecule has 23 heavy (non-hydrogen) atoms. The molecular formula is C16H24N6O. The zero-order valence-corrected chi connectivity index (χ0v) is 14.0. The highest BCUT2D eigenvalue weighted by molar-refractivity contribution is 5.93. The molecule has 1 amide bonds. The minimum Gasteiger partial charge on any atom is -0.352 e. The third kappa shape index (κ3) is 5.43. The van der Waals surface area contributed by atoms with Gasteiger partial charge in [0.15, 0.2) is 0 Å². The van der Waals surface area contributed by atoms with Crippen molar-refractivity contribution >= 4 is 5.91 Å². The topological polar surface area (TPSA) is 85.6 Å². The van der Waals surface area contributed by atoms with Crippen molar-refractivity contribution in [2.75, 3.05) is 6.54 Å². The van der Waals surface area contributed by atoms with E-state index in [1.165, 1.54) is 12.4 Å². The largest absolute Gasteiger partial charge is 0.352 e. The predicted octanol–water partition coefficient (Wildman–Crippen LogP) is 1.97. The van der Waals surface area contributed by atoms with Gasteiger partial charge in [0.2, 0.25) is 0 Å². The van der Waals surface area contributed by atoms with Crippen LogP contribution in [0.1, 0.15) is 56.1 Å². The van der Waals surface area contributed by atoms with Crippen molar-refractivity contribution in [2.24, 2.45) is 0 Å². The van der Waals surface area contributed by atoms with Crippen molar-refractivity contribution in [1.29, 1.82) is 0 Å². The Morgan fingerprint density at radius 3 is 2.70 bits per heavy atom. The van der Waals surface area contributed by atoms with Gasteiger partial charge in [0.25, 0.3) is 5.91 Å². The Labute approximate surface area is 136 Å². The van der Waals surface area contributed by atoms with Crippen LogP contribution in [-0.4, -0.2) is 37.6 Å². The van der Waals surface area contributed by atoms with Crippen molar-refractivity contribution in [2.45, 2.75) is 52.0 Å². The molecule has 0 aromatic carbocycles.